The van der Waals surface area contributed by atoms with Crippen molar-refractivity contribution < 1.29 is 22.6 Å². The number of hydrogen-bond donors (Lipinski definition) is 1. The maximum absolute atomic E-state index is 13.1. The van der Waals surface area contributed by atoms with Crippen molar-refractivity contribution in [1.29, 1.82) is 0 Å². The van der Waals surface area contributed by atoms with E-state index in [0.717, 1.165) is 25.7 Å². The zero-order chi connectivity index (χ0) is 24.3. The van der Waals surface area contributed by atoms with Crippen molar-refractivity contribution >= 4 is 27.3 Å². The first-order chi connectivity index (χ1) is 16.3. The number of carbonyl (C=O) groups is 1. The van der Waals surface area contributed by atoms with Crippen molar-refractivity contribution in [3.63, 3.8) is 0 Å². The number of aryl methyl sites for hydroxylation is 1. The van der Waals surface area contributed by atoms with Crippen LogP contribution in [0.1, 0.15) is 54.8 Å². The van der Waals surface area contributed by atoms with E-state index in [-0.39, 0.29) is 28.3 Å². The Kier molecular flexibility index (Phi) is 7.22. The summed E-state index contributed by atoms with van der Waals surface area (Å²) < 4.78 is 33.0. The lowest BCUT2D eigenvalue weighted by Crippen LogP contribution is -2.44. The van der Waals surface area contributed by atoms with Gasteiger partial charge in [-0.1, -0.05) is 12.8 Å². The Morgan fingerprint density at radius 3 is 2.32 bits per heavy atom. The summed E-state index contributed by atoms with van der Waals surface area (Å²) in [4.78, 5) is 25.5. The number of furan rings is 1. The molecule has 3 heterocycles. The van der Waals surface area contributed by atoms with Gasteiger partial charge in [0.2, 0.25) is 10.0 Å². The van der Waals surface area contributed by atoms with Gasteiger partial charge in [0.15, 0.2) is 5.76 Å². The minimum Gasteiger partial charge on any atom is -0.456 e. The molecular weight excluding hydrogens is 460 g/mol. The molecule has 1 aromatic carbocycles. The van der Waals surface area contributed by atoms with Crippen LogP contribution in [0.4, 0.5) is 11.4 Å². The number of nitrogens with zero attached hydrogens (tertiary/aromatic N) is 3. The molecule has 1 N–H and O–H groups in total. The number of nitrogens with one attached hydrogen (secondary N) is 1. The Hall–Kier alpha value is -2.92. The smallest absolute Gasteiger partial charge is 0.293 e. The number of nitro benzene ring substituents is 1. The van der Waals surface area contributed by atoms with Crippen molar-refractivity contribution in [3.8, 4) is 0 Å². The van der Waals surface area contributed by atoms with Gasteiger partial charge in [-0.05, 0) is 56.9 Å². The molecule has 34 heavy (non-hydrogen) atoms. The highest BCUT2D eigenvalue weighted by Crippen LogP contribution is 2.34. The van der Waals surface area contributed by atoms with Gasteiger partial charge in [0, 0.05) is 38.3 Å². The Morgan fingerprint density at radius 2 is 1.74 bits per heavy atom. The first kappa shape index (κ1) is 24.2. The SMILES string of the molecule is Cc1ccc(C(=O)NC2CCN(c3ccc(S(=O)(=O)N4CCCCCC4)cc3[N+](=O)[O-])CC2)o1. The lowest BCUT2D eigenvalue weighted by Gasteiger charge is -2.33. The van der Waals surface area contributed by atoms with Crippen LogP contribution in [0.5, 0.6) is 0 Å². The molecule has 11 heteroatoms. The molecule has 2 aliphatic heterocycles. The van der Waals surface area contributed by atoms with Gasteiger partial charge in [-0.3, -0.25) is 14.9 Å². The summed E-state index contributed by atoms with van der Waals surface area (Å²) in [6.45, 7) is 3.65. The van der Waals surface area contributed by atoms with Gasteiger partial charge < -0.3 is 14.6 Å². The van der Waals surface area contributed by atoms with E-state index in [1.807, 2.05) is 4.90 Å². The summed E-state index contributed by atoms with van der Waals surface area (Å²) >= 11 is 0. The average Bonchev–Trinajstić information content (AvgIpc) is 3.07. The Balaban J connectivity index is 1.46. The molecule has 0 atom stereocenters. The van der Waals surface area contributed by atoms with Crippen LogP contribution in [0, 0.1) is 17.0 Å². The van der Waals surface area contributed by atoms with Gasteiger partial charge in [0.1, 0.15) is 11.4 Å². The highest BCUT2D eigenvalue weighted by Gasteiger charge is 2.31. The van der Waals surface area contributed by atoms with E-state index in [1.54, 1.807) is 19.1 Å². The molecule has 0 aliphatic carbocycles. The fourth-order valence-electron chi connectivity index (χ4n) is 4.59. The zero-order valence-corrected chi connectivity index (χ0v) is 20.1. The number of carbonyl (C=O) groups excluding carboxylic acids is 1. The van der Waals surface area contributed by atoms with Crippen LogP contribution in [0.15, 0.2) is 39.6 Å². The second-order valence-corrected chi connectivity index (χ2v) is 10.8. The lowest BCUT2D eigenvalue weighted by molar-refractivity contribution is -0.384. The van der Waals surface area contributed by atoms with Gasteiger partial charge in [0.25, 0.3) is 11.6 Å². The molecule has 184 valence electrons. The number of amides is 1. The number of benzene rings is 1. The van der Waals surface area contributed by atoms with Crippen LogP contribution in [-0.4, -0.2) is 55.8 Å². The fourth-order valence-corrected chi connectivity index (χ4v) is 6.12. The van der Waals surface area contributed by atoms with Gasteiger partial charge in [-0.25, -0.2) is 8.42 Å². The average molecular weight is 491 g/mol. The molecule has 2 fully saturated rings. The molecule has 0 bridgehead atoms. The number of piperidine rings is 1. The van der Waals surface area contributed by atoms with Crippen molar-refractivity contribution in [2.45, 2.75) is 56.4 Å². The monoisotopic (exact) mass is 490 g/mol. The van der Waals surface area contributed by atoms with Crippen LogP contribution in [-0.2, 0) is 10.0 Å². The molecule has 0 saturated carbocycles. The second kappa shape index (κ2) is 10.1. The van der Waals surface area contributed by atoms with Crippen LogP contribution in [0.3, 0.4) is 0 Å². The van der Waals surface area contributed by atoms with Gasteiger partial charge >= 0.3 is 0 Å². The Labute approximate surface area is 199 Å². The van der Waals surface area contributed by atoms with Crippen molar-refractivity contribution in [3.05, 3.63) is 52.0 Å². The quantitative estimate of drug-likeness (QED) is 0.485. The van der Waals surface area contributed by atoms with E-state index in [9.17, 15) is 23.3 Å². The third-order valence-corrected chi connectivity index (χ3v) is 8.38. The maximum Gasteiger partial charge on any atom is 0.293 e. The Bertz CT molecular complexity index is 1150. The molecule has 4 rings (SSSR count). The standard InChI is InChI=1S/C23H30N4O6S/c1-17-6-9-22(33-17)23(28)24-18-10-14-25(15-11-18)20-8-7-19(16-21(20)27(29)30)34(31,32)26-12-4-2-3-5-13-26/h6-9,16,18H,2-5,10-15H2,1H3,(H,24,28). The summed E-state index contributed by atoms with van der Waals surface area (Å²) in [5.74, 6) is 0.644. The summed E-state index contributed by atoms with van der Waals surface area (Å²) in [7, 11) is -3.78. The van der Waals surface area contributed by atoms with E-state index in [0.29, 0.717) is 50.5 Å². The van der Waals surface area contributed by atoms with E-state index in [2.05, 4.69) is 5.32 Å². The lowest BCUT2D eigenvalue weighted by atomic mass is 10.0. The first-order valence-electron chi connectivity index (χ1n) is 11.7. The second-order valence-electron chi connectivity index (χ2n) is 8.87. The molecular formula is C23H30N4O6S. The summed E-state index contributed by atoms with van der Waals surface area (Å²) in [5, 5.41) is 14.8. The number of rotatable bonds is 6. The van der Waals surface area contributed by atoms with Crippen molar-refractivity contribution in [2.75, 3.05) is 31.1 Å². The highest BCUT2D eigenvalue weighted by atomic mass is 32.2. The van der Waals surface area contributed by atoms with Crippen molar-refractivity contribution in [1.82, 2.24) is 9.62 Å². The molecule has 2 aliphatic rings. The van der Waals surface area contributed by atoms with Crippen LogP contribution >= 0.6 is 0 Å². The van der Waals surface area contributed by atoms with Crippen LogP contribution < -0.4 is 10.2 Å². The number of anilines is 1. The normalized spacial score (nSPS) is 18.4. The minimum atomic E-state index is -3.78. The molecule has 1 amide bonds. The van der Waals surface area contributed by atoms with Crippen LogP contribution in [0.25, 0.3) is 0 Å². The van der Waals surface area contributed by atoms with Gasteiger partial charge in [0.05, 0.1) is 9.82 Å². The summed E-state index contributed by atoms with van der Waals surface area (Å²) in [6, 6.07) is 7.47. The minimum absolute atomic E-state index is 0.0410. The number of nitro groups is 1. The van der Waals surface area contributed by atoms with E-state index in [4.69, 9.17) is 4.42 Å². The van der Waals surface area contributed by atoms with Gasteiger partial charge in [-0.2, -0.15) is 4.31 Å². The van der Waals surface area contributed by atoms with Crippen LogP contribution in [0.2, 0.25) is 0 Å². The topological polar surface area (TPSA) is 126 Å². The predicted octanol–water partition coefficient (Wildman–Crippen LogP) is 3.46. The third kappa shape index (κ3) is 5.25. The molecule has 2 saturated heterocycles. The molecule has 2 aromatic rings. The van der Waals surface area contributed by atoms with Gasteiger partial charge in [-0.15, -0.1) is 0 Å². The predicted molar refractivity (Wildman–Crippen MR) is 126 cm³/mol. The number of hydrogen-bond acceptors (Lipinski definition) is 7. The van der Waals surface area contributed by atoms with E-state index in [1.165, 1.54) is 22.5 Å². The molecule has 0 unspecified atom stereocenters. The molecule has 0 radical (unpaired) electrons. The Morgan fingerprint density at radius 1 is 1.06 bits per heavy atom. The van der Waals surface area contributed by atoms with Crippen molar-refractivity contribution in [2.24, 2.45) is 0 Å². The zero-order valence-electron chi connectivity index (χ0n) is 19.2. The molecule has 1 aromatic heterocycles. The third-order valence-electron chi connectivity index (χ3n) is 6.48. The number of sulfonamides is 1. The first-order valence-corrected chi connectivity index (χ1v) is 13.1. The highest BCUT2D eigenvalue weighted by molar-refractivity contribution is 7.89. The fraction of sp³-hybridized carbons (Fsp3) is 0.522. The van der Waals surface area contributed by atoms with E-state index >= 15 is 0 Å². The largest absolute Gasteiger partial charge is 0.456 e. The summed E-state index contributed by atoms with van der Waals surface area (Å²) in [5.41, 5.74) is 0.177. The summed E-state index contributed by atoms with van der Waals surface area (Å²) in [6.07, 6.45) is 4.78. The molecule has 0 spiro atoms. The maximum atomic E-state index is 13.1. The molecule has 10 nitrogen and oxygen atoms in total. The van der Waals surface area contributed by atoms with E-state index < -0.39 is 14.9 Å².